The minimum atomic E-state index is -4.94. The molecule has 6 fully saturated rings. The van der Waals surface area contributed by atoms with Crippen LogP contribution in [0.2, 0.25) is 0 Å². The Bertz CT molecular complexity index is 977. The average molecular weight is 486 g/mol. The van der Waals surface area contributed by atoms with Crippen LogP contribution in [-0.2, 0) is 48.2 Å². The number of ether oxygens (including phenoxy) is 5. The van der Waals surface area contributed by atoms with E-state index in [1.54, 1.807) is 0 Å². The molecule has 33 heavy (non-hydrogen) atoms. The first-order chi connectivity index (χ1) is 15.7. The summed E-state index contributed by atoms with van der Waals surface area (Å²) in [5.74, 6) is -2.16. The third-order valence-electron chi connectivity index (χ3n) is 8.58. The van der Waals surface area contributed by atoms with E-state index in [1.165, 1.54) is 0 Å². The van der Waals surface area contributed by atoms with Gasteiger partial charge in [-0.25, -0.2) is 0 Å². The Morgan fingerprint density at radius 1 is 1.00 bits per heavy atom. The lowest BCUT2D eigenvalue weighted by Gasteiger charge is -2.32. The van der Waals surface area contributed by atoms with Crippen LogP contribution in [0.25, 0.3) is 0 Å². The molecular formula is C21H26O11S. The highest BCUT2D eigenvalue weighted by Crippen LogP contribution is 2.55. The SMILES string of the molecule is O=C(CC(C(=O)OC1C2CC3C(=O)OC1C3C2)S(=O)(=O)O)OC1C2CC3COCOC1C3C2. The van der Waals surface area contributed by atoms with Gasteiger partial charge in [-0.3, -0.25) is 18.9 Å². The summed E-state index contributed by atoms with van der Waals surface area (Å²) >= 11 is 0. The topological polar surface area (TPSA) is 152 Å². The van der Waals surface area contributed by atoms with Crippen molar-refractivity contribution in [1.82, 2.24) is 0 Å². The van der Waals surface area contributed by atoms with Crippen molar-refractivity contribution in [2.45, 2.75) is 61.8 Å². The zero-order valence-electron chi connectivity index (χ0n) is 17.7. The van der Waals surface area contributed by atoms with Crippen molar-refractivity contribution >= 4 is 28.0 Å². The minimum absolute atomic E-state index is 0.0420. The van der Waals surface area contributed by atoms with Gasteiger partial charge in [0, 0.05) is 11.8 Å². The van der Waals surface area contributed by atoms with Gasteiger partial charge in [0.15, 0.2) is 5.25 Å². The zero-order chi connectivity index (χ0) is 23.1. The molecule has 11 nitrogen and oxygen atoms in total. The molecule has 2 saturated heterocycles. The molecule has 12 heteroatoms. The van der Waals surface area contributed by atoms with E-state index in [1.807, 2.05) is 0 Å². The maximum absolute atomic E-state index is 12.7. The van der Waals surface area contributed by atoms with E-state index in [-0.39, 0.29) is 48.5 Å². The average Bonchev–Trinajstić information content (AvgIpc) is 3.51. The molecule has 0 aromatic rings. The molecule has 2 heterocycles. The van der Waals surface area contributed by atoms with Gasteiger partial charge >= 0.3 is 17.9 Å². The van der Waals surface area contributed by atoms with E-state index in [2.05, 4.69) is 0 Å². The highest BCUT2D eigenvalue weighted by atomic mass is 32.2. The molecule has 4 saturated carbocycles. The first-order valence-electron chi connectivity index (χ1n) is 11.5. The van der Waals surface area contributed by atoms with E-state index >= 15 is 0 Å². The Morgan fingerprint density at radius 2 is 1.73 bits per heavy atom. The molecule has 0 spiro atoms. The molecule has 0 radical (unpaired) electrons. The summed E-state index contributed by atoms with van der Waals surface area (Å²) in [6, 6.07) is 0. The largest absolute Gasteiger partial charge is 0.459 e. The molecule has 11 unspecified atom stereocenters. The van der Waals surface area contributed by atoms with Crippen LogP contribution in [0.3, 0.4) is 0 Å². The Morgan fingerprint density at radius 3 is 2.52 bits per heavy atom. The van der Waals surface area contributed by atoms with Crippen molar-refractivity contribution in [1.29, 1.82) is 0 Å². The van der Waals surface area contributed by atoms with Crippen LogP contribution < -0.4 is 0 Å². The highest BCUT2D eigenvalue weighted by Gasteiger charge is 2.63. The maximum Gasteiger partial charge on any atom is 0.327 e. The summed E-state index contributed by atoms with van der Waals surface area (Å²) in [6.45, 7) is 0.712. The molecule has 11 atom stereocenters. The third kappa shape index (κ3) is 3.48. The highest BCUT2D eigenvalue weighted by molar-refractivity contribution is 7.87. The fourth-order valence-electron chi connectivity index (χ4n) is 7.22. The Balaban J connectivity index is 1.12. The van der Waals surface area contributed by atoms with Gasteiger partial charge in [0.25, 0.3) is 10.1 Å². The molecule has 0 aromatic heterocycles. The predicted molar refractivity (Wildman–Crippen MR) is 105 cm³/mol. The van der Waals surface area contributed by atoms with Crippen LogP contribution in [0.15, 0.2) is 0 Å². The van der Waals surface area contributed by atoms with Crippen molar-refractivity contribution in [3.05, 3.63) is 0 Å². The lowest BCUT2D eigenvalue weighted by molar-refractivity contribution is -0.170. The van der Waals surface area contributed by atoms with Crippen molar-refractivity contribution in [3.63, 3.8) is 0 Å². The monoisotopic (exact) mass is 486 g/mol. The van der Waals surface area contributed by atoms with Crippen molar-refractivity contribution < 1.29 is 51.0 Å². The van der Waals surface area contributed by atoms with E-state index in [0.29, 0.717) is 25.4 Å². The molecule has 182 valence electrons. The molecule has 4 aliphatic carbocycles. The lowest BCUT2D eigenvalue weighted by Crippen LogP contribution is -2.44. The molecule has 1 N–H and O–H groups in total. The summed E-state index contributed by atoms with van der Waals surface area (Å²) in [6.07, 6.45) is -0.256. The second-order valence-corrected chi connectivity index (χ2v) is 11.8. The van der Waals surface area contributed by atoms with E-state index in [0.717, 1.165) is 12.8 Å². The van der Waals surface area contributed by atoms with Gasteiger partial charge < -0.3 is 23.7 Å². The van der Waals surface area contributed by atoms with Crippen molar-refractivity contribution in [2.75, 3.05) is 13.4 Å². The van der Waals surface area contributed by atoms with Crippen LogP contribution in [0.1, 0.15) is 32.1 Å². The van der Waals surface area contributed by atoms with E-state index < -0.39 is 52.0 Å². The first kappa shape index (κ1) is 21.8. The first-order valence-corrected chi connectivity index (χ1v) is 13.0. The molecule has 6 aliphatic rings. The number of carbonyl (C=O) groups is 3. The van der Waals surface area contributed by atoms with Gasteiger partial charge in [-0.1, -0.05) is 0 Å². The van der Waals surface area contributed by atoms with Gasteiger partial charge in [-0.05, 0) is 43.4 Å². The third-order valence-corrected chi connectivity index (χ3v) is 9.66. The van der Waals surface area contributed by atoms with Gasteiger partial charge in [-0.2, -0.15) is 8.42 Å². The Labute approximate surface area is 190 Å². The van der Waals surface area contributed by atoms with Gasteiger partial charge in [0.1, 0.15) is 31.2 Å². The fraction of sp³-hybridized carbons (Fsp3) is 0.857. The molecule has 0 amide bonds. The van der Waals surface area contributed by atoms with Crippen LogP contribution in [0.5, 0.6) is 0 Å². The van der Waals surface area contributed by atoms with Gasteiger partial charge in [-0.15, -0.1) is 0 Å². The van der Waals surface area contributed by atoms with Gasteiger partial charge in [0.2, 0.25) is 0 Å². The van der Waals surface area contributed by atoms with Gasteiger partial charge in [0.05, 0.1) is 18.9 Å². The number of esters is 3. The quantitative estimate of drug-likeness (QED) is 0.308. The Kier molecular flexibility index (Phi) is 5.02. The summed E-state index contributed by atoms with van der Waals surface area (Å²) in [4.78, 5) is 37.3. The van der Waals surface area contributed by atoms with Crippen molar-refractivity contribution in [3.8, 4) is 0 Å². The van der Waals surface area contributed by atoms with E-state index in [9.17, 15) is 27.4 Å². The lowest BCUT2D eigenvalue weighted by atomic mass is 9.85. The van der Waals surface area contributed by atoms with E-state index in [4.69, 9.17) is 23.7 Å². The zero-order valence-corrected chi connectivity index (χ0v) is 18.6. The predicted octanol–water partition coefficient (Wildman–Crippen LogP) is 0.0668. The number of rotatable bonds is 6. The number of hydrogen-bond acceptors (Lipinski definition) is 10. The molecule has 0 aromatic carbocycles. The molecule has 6 rings (SSSR count). The second-order valence-electron chi connectivity index (χ2n) is 10.2. The normalized spacial score (nSPS) is 45.5. The molecule has 2 aliphatic heterocycles. The maximum atomic E-state index is 12.7. The van der Waals surface area contributed by atoms with Crippen LogP contribution in [-0.4, -0.2) is 73.9 Å². The number of carbonyl (C=O) groups excluding carboxylic acids is 3. The van der Waals surface area contributed by atoms with Crippen LogP contribution in [0.4, 0.5) is 0 Å². The molecular weight excluding hydrogens is 460 g/mol. The summed E-state index contributed by atoms with van der Waals surface area (Å²) in [5.41, 5.74) is 0. The second kappa shape index (κ2) is 7.62. The smallest absolute Gasteiger partial charge is 0.327 e. The molecule has 4 bridgehead atoms. The fourth-order valence-corrected chi connectivity index (χ4v) is 7.87. The van der Waals surface area contributed by atoms with Crippen LogP contribution in [0, 0.1) is 35.5 Å². The summed E-state index contributed by atoms with van der Waals surface area (Å²) in [5, 5.41) is -2.11. The minimum Gasteiger partial charge on any atom is -0.459 e. The Hall–Kier alpha value is -1.76. The summed E-state index contributed by atoms with van der Waals surface area (Å²) < 4.78 is 61.0. The summed E-state index contributed by atoms with van der Waals surface area (Å²) in [7, 11) is -4.94. The van der Waals surface area contributed by atoms with Crippen LogP contribution >= 0.6 is 0 Å². The number of hydrogen-bond donors (Lipinski definition) is 1. The van der Waals surface area contributed by atoms with Crippen molar-refractivity contribution in [2.24, 2.45) is 35.5 Å². The number of fused-ring (bicyclic) bond motifs is 2. The standard InChI is InChI=1S/C21H26O11S/c22-15(30-16-8-1-10-6-28-7-29-18(16)11(10)2-8)5-14(33(25,26)27)21(24)31-17-9-3-12-13(4-9)20(23)32-19(12)17/h8-14,16-19H,1-7H2,(H,25,26,27).